The Bertz CT molecular complexity index is 1210. The third-order valence-electron chi connectivity index (χ3n) is 5.52. The Hall–Kier alpha value is -3.23. The molecule has 0 radical (unpaired) electrons. The standard InChI is InChI=1S/C24H24N2O5S/c1-25-17-20(32(29,30)26-14-8-9-15-26)16-21(25)24(28)31-23(19-12-6-3-7-13-19)22(27)18-10-4-2-5-11-18/h2-7,10-13,16-17,23H,8-9,14-15H2,1H3. The Morgan fingerprint density at radius 2 is 1.53 bits per heavy atom. The van der Waals surface area contributed by atoms with Gasteiger partial charge in [0.05, 0.1) is 0 Å². The number of benzene rings is 2. The zero-order chi connectivity index (χ0) is 22.7. The van der Waals surface area contributed by atoms with Crippen LogP contribution >= 0.6 is 0 Å². The summed E-state index contributed by atoms with van der Waals surface area (Å²) in [5.41, 5.74) is 1.01. The van der Waals surface area contributed by atoms with Gasteiger partial charge in [-0.2, -0.15) is 4.31 Å². The number of sulfonamides is 1. The molecule has 0 bridgehead atoms. The molecule has 0 aliphatic carbocycles. The minimum Gasteiger partial charge on any atom is -0.444 e. The van der Waals surface area contributed by atoms with E-state index in [1.807, 2.05) is 6.07 Å². The van der Waals surface area contributed by atoms with Gasteiger partial charge >= 0.3 is 5.97 Å². The van der Waals surface area contributed by atoms with E-state index in [-0.39, 0.29) is 16.4 Å². The Morgan fingerprint density at radius 1 is 0.938 bits per heavy atom. The maximum Gasteiger partial charge on any atom is 0.356 e. The molecule has 166 valence electrons. The summed E-state index contributed by atoms with van der Waals surface area (Å²) in [5, 5.41) is 0. The van der Waals surface area contributed by atoms with Crippen molar-refractivity contribution < 1.29 is 22.7 Å². The van der Waals surface area contributed by atoms with Gasteiger partial charge in [0, 0.05) is 37.5 Å². The topological polar surface area (TPSA) is 85.7 Å². The first kappa shape index (κ1) is 22.0. The summed E-state index contributed by atoms with van der Waals surface area (Å²) >= 11 is 0. The summed E-state index contributed by atoms with van der Waals surface area (Å²) in [6.45, 7) is 0.942. The molecular formula is C24H24N2O5S. The number of nitrogens with zero attached hydrogens (tertiary/aromatic N) is 2. The molecule has 8 heteroatoms. The van der Waals surface area contributed by atoms with E-state index in [1.165, 1.54) is 21.1 Å². The molecule has 1 fully saturated rings. The fourth-order valence-electron chi connectivity index (χ4n) is 3.78. The van der Waals surface area contributed by atoms with Crippen LogP contribution in [-0.4, -0.2) is 42.1 Å². The Labute approximate surface area is 187 Å². The SMILES string of the molecule is Cn1cc(S(=O)(=O)N2CCCC2)cc1C(=O)OC(C(=O)c1ccccc1)c1ccccc1. The maximum absolute atomic E-state index is 13.1. The molecule has 7 nitrogen and oxygen atoms in total. The van der Waals surface area contributed by atoms with Gasteiger partial charge in [0.25, 0.3) is 0 Å². The van der Waals surface area contributed by atoms with Gasteiger partial charge in [-0.15, -0.1) is 0 Å². The first-order valence-corrected chi connectivity index (χ1v) is 11.8. The van der Waals surface area contributed by atoms with Crippen LogP contribution in [-0.2, 0) is 21.8 Å². The van der Waals surface area contributed by atoms with Crippen molar-refractivity contribution in [2.75, 3.05) is 13.1 Å². The number of Topliss-reactive ketones (excluding diaryl/α,β-unsaturated/α-hetero) is 1. The highest BCUT2D eigenvalue weighted by Gasteiger charge is 2.31. The van der Waals surface area contributed by atoms with Crippen molar-refractivity contribution in [2.24, 2.45) is 7.05 Å². The number of carbonyl (C=O) groups is 2. The van der Waals surface area contributed by atoms with E-state index in [2.05, 4.69) is 0 Å². The second-order valence-corrected chi connectivity index (χ2v) is 9.65. The van der Waals surface area contributed by atoms with E-state index in [0.717, 1.165) is 12.8 Å². The number of hydrogen-bond donors (Lipinski definition) is 0. The van der Waals surface area contributed by atoms with E-state index in [4.69, 9.17) is 4.74 Å². The lowest BCUT2D eigenvalue weighted by Crippen LogP contribution is -2.27. The summed E-state index contributed by atoms with van der Waals surface area (Å²) in [6.07, 6.45) is 1.89. The number of carbonyl (C=O) groups excluding carboxylic acids is 2. The van der Waals surface area contributed by atoms with Gasteiger partial charge in [-0.1, -0.05) is 60.7 Å². The number of aryl methyl sites for hydroxylation is 1. The Morgan fingerprint density at radius 3 is 2.16 bits per heavy atom. The van der Waals surface area contributed by atoms with Crippen molar-refractivity contribution in [3.8, 4) is 0 Å². The van der Waals surface area contributed by atoms with Crippen molar-refractivity contribution in [3.63, 3.8) is 0 Å². The molecule has 0 N–H and O–H groups in total. The predicted octanol–water partition coefficient (Wildman–Crippen LogP) is 3.59. The molecule has 0 saturated carbocycles. The lowest BCUT2D eigenvalue weighted by atomic mass is 10.00. The summed E-state index contributed by atoms with van der Waals surface area (Å²) in [5.74, 6) is -1.13. The van der Waals surface area contributed by atoms with E-state index in [1.54, 1.807) is 61.6 Å². The molecule has 2 aromatic carbocycles. The van der Waals surface area contributed by atoms with Crippen LogP contribution in [0.1, 0.15) is 45.4 Å². The van der Waals surface area contributed by atoms with Crippen molar-refractivity contribution in [3.05, 3.63) is 89.7 Å². The smallest absolute Gasteiger partial charge is 0.356 e. The van der Waals surface area contributed by atoms with E-state index >= 15 is 0 Å². The third kappa shape index (κ3) is 4.37. The van der Waals surface area contributed by atoms with Crippen molar-refractivity contribution in [1.82, 2.24) is 8.87 Å². The number of esters is 1. The molecule has 1 aliphatic rings. The van der Waals surface area contributed by atoms with E-state index < -0.39 is 22.1 Å². The average Bonchev–Trinajstić information content (AvgIpc) is 3.49. The molecule has 3 aromatic rings. The normalized spacial score (nSPS) is 15.4. The van der Waals surface area contributed by atoms with E-state index in [0.29, 0.717) is 24.2 Å². The van der Waals surface area contributed by atoms with Crippen LogP contribution < -0.4 is 0 Å². The fraction of sp³-hybridized carbons (Fsp3) is 0.250. The van der Waals surface area contributed by atoms with Crippen molar-refractivity contribution in [2.45, 2.75) is 23.8 Å². The molecular weight excluding hydrogens is 428 g/mol. The monoisotopic (exact) mass is 452 g/mol. The van der Waals surface area contributed by atoms with Crippen LogP contribution in [0.2, 0.25) is 0 Å². The molecule has 1 atom stereocenters. The average molecular weight is 453 g/mol. The second-order valence-electron chi connectivity index (χ2n) is 7.71. The first-order valence-electron chi connectivity index (χ1n) is 10.4. The van der Waals surface area contributed by atoms with Crippen molar-refractivity contribution in [1.29, 1.82) is 0 Å². The number of hydrogen-bond acceptors (Lipinski definition) is 5. The quantitative estimate of drug-likeness (QED) is 0.404. The van der Waals surface area contributed by atoms with Crippen LogP contribution in [0, 0.1) is 0 Å². The van der Waals surface area contributed by atoms with Crippen molar-refractivity contribution >= 4 is 21.8 Å². The lowest BCUT2D eigenvalue weighted by molar-refractivity contribution is 0.0271. The summed E-state index contributed by atoms with van der Waals surface area (Å²) in [7, 11) is -2.10. The zero-order valence-corrected chi connectivity index (χ0v) is 18.5. The molecule has 0 amide bonds. The third-order valence-corrected chi connectivity index (χ3v) is 7.38. The van der Waals surface area contributed by atoms with Crippen LogP contribution in [0.4, 0.5) is 0 Å². The second kappa shape index (κ2) is 9.10. The molecule has 1 unspecified atom stereocenters. The predicted molar refractivity (Wildman–Crippen MR) is 119 cm³/mol. The van der Waals surface area contributed by atoms with Gasteiger partial charge in [0.2, 0.25) is 15.8 Å². The largest absolute Gasteiger partial charge is 0.444 e. The highest BCUT2D eigenvalue weighted by atomic mass is 32.2. The van der Waals surface area contributed by atoms with Gasteiger partial charge in [-0.05, 0) is 18.9 Å². The number of rotatable bonds is 7. The molecule has 0 spiro atoms. The molecule has 2 heterocycles. The van der Waals surface area contributed by atoms with Gasteiger partial charge in [0.1, 0.15) is 10.6 Å². The van der Waals surface area contributed by atoms with Gasteiger partial charge < -0.3 is 9.30 Å². The van der Waals surface area contributed by atoms with E-state index in [9.17, 15) is 18.0 Å². The molecule has 1 aromatic heterocycles. The van der Waals surface area contributed by atoms with Gasteiger partial charge in [0.15, 0.2) is 6.10 Å². The highest BCUT2D eigenvalue weighted by Crippen LogP contribution is 2.26. The Balaban J connectivity index is 1.63. The first-order chi connectivity index (χ1) is 15.4. The number of ketones is 1. The Kier molecular flexibility index (Phi) is 6.25. The summed E-state index contributed by atoms with van der Waals surface area (Å²) in [6, 6.07) is 18.7. The van der Waals surface area contributed by atoms with Crippen LogP contribution in [0.25, 0.3) is 0 Å². The van der Waals surface area contributed by atoms with Crippen LogP contribution in [0.3, 0.4) is 0 Å². The van der Waals surface area contributed by atoms with Crippen LogP contribution in [0.15, 0.2) is 77.8 Å². The molecule has 1 saturated heterocycles. The minimum absolute atomic E-state index is 0.0412. The zero-order valence-electron chi connectivity index (χ0n) is 17.7. The highest BCUT2D eigenvalue weighted by molar-refractivity contribution is 7.89. The maximum atomic E-state index is 13.1. The number of ether oxygens (including phenoxy) is 1. The lowest BCUT2D eigenvalue weighted by Gasteiger charge is -2.17. The number of aromatic nitrogens is 1. The summed E-state index contributed by atoms with van der Waals surface area (Å²) < 4.78 is 34.2. The minimum atomic E-state index is -3.68. The molecule has 1 aliphatic heterocycles. The summed E-state index contributed by atoms with van der Waals surface area (Å²) in [4.78, 5) is 26.2. The fourth-order valence-corrected chi connectivity index (χ4v) is 5.37. The molecule has 4 rings (SSSR count). The van der Waals surface area contributed by atoms with Crippen LogP contribution in [0.5, 0.6) is 0 Å². The van der Waals surface area contributed by atoms with Gasteiger partial charge in [-0.25, -0.2) is 13.2 Å². The van der Waals surface area contributed by atoms with Gasteiger partial charge in [-0.3, -0.25) is 4.79 Å². The molecule has 32 heavy (non-hydrogen) atoms.